The second-order valence-electron chi connectivity index (χ2n) is 1.91. The lowest BCUT2D eigenvalue weighted by molar-refractivity contribution is -0.134. The SMILES string of the molecule is NC(=O)C(=O)Nc1cnccn1. The number of hydrogen-bond donors (Lipinski definition) is 2. The van der Waals surface area contributed by atoms with Gasteiger partial charge in [-0.3, -0.25) is 14.6 Å². The number of nitrogens with one attached hydrogen (secondary N) is 1. The van der Waals surface area contributed by atoms with Gasteiger partial charge in [0.1, 0.15) is 0 Å². The van der Waals surface area contributed by atoms with Gasteiger partial charge in [0.05, 0.1) is 6.20 Å². The molecule has 0 unspecified atom stereocenters. The highest BCUT2D eigenvalue weighted by Gasteiger charge is 2.08. The van der Waals surface area contributed by atoms with Crippen molar-refractivity contribution in [2.75, 3.05) is 5.32 Å². The van der Waals surface area contributed by atoms with E-state index < -0.39 is 11.8 Å². The molecule has 6 nitrogen and oxygen atoms in total. The van der Waals surface area contributed by atoms with E-state index in [0.717, 1.165) is 0 Å². The highest BCUT2D eigenvalue weighted by Crippen LogP contribution is 1.95. The second kappa shape index (κ2) is 3.42. The van der Waals surface area contributed by atoms with Gasteiger partial charge in [0.15, 0.2) is 5.82 Å². The molecule has 1 aromatic rings. The summed E-state index contributed by atoms with van der Waals surface area (Å²) in [7, 11) is 0. The van der Waals surface area contributed by atoms with Crippen molar-refractivity contribution < 1.29 is 9.59 Å². The molecule has 0 aromatic carbocycles. The Bertz CT molecular complexity index is 298. The summed E-state index contributed by atoms with van der Waals surface area (Å²) in [5.41, 5.74) is 4.68. The number of carbonyl (C=O) groups excluding carboxylic acids is 2. The normalized spacial score (nSPS) is 9.00. The van der Waals surface area contributed by atoms with Gasteiger partial charge in [-0.05, 0) is 0 Å². The number of aromatic nitrogens is 2. The van der Waals surface area contributed by atoms with Crippen LogP contribution in [0.5, 0.6) is 0 Å². The van der Waals surface area contributed by atoms with Gasteiger partial charge in [0.25, 0.3) is 0 Å². The van der Waals surface area contributed by atoms with Gasteiger partial charge in [-0.2, -0.15) is 0 Å². The van der Waals surface area contributed by atoms with E-state index in [4.69, 9.17) is 0 Å². The zero-order valence-electron chi connectivity index (χ0n) is 6.02. The van der Waals surface area contributed by atoms with Gasteiger partial charge in [-0.15, -0.1) is 0 Å². The molecule has 0 bridgehead atoms. The molecular formula is C6H6N4O2. The van der Waals surface area contributed by atoms with E-state index in [-0.39, 0.29) is 5.82 Å². The Morgan fingerprint density at radius 2 is 2.17 bits per heavy atom. The maximum Gasteiger partial charge on any atom is 0.314 e. The van der Waals surface area contributed by atoms with Crippen molar-refractivity contribution in [3.63, 3.8) is 0 Å². The monoisotopic (exact) mass is 166 g/mol. The molecule has 1 aromatic heterocycles. The quantitative estimate of drug-likeness (QED) is 0.517. The standard InChI is InChI=1S/C6H6N4O2/c7-5(11)6(12)10-4-3-8-1-2-9-4/h1-3H,(H2,7,11)(H,9,10,12). The Kier molecular flexibility index (Phi) is 2.32. The van der Waals surface area contributed by atoms with E-state index in [9.17, 15) is 9.59 Å². The summed E-state index contributed by atoms with van der Waals surface area (Å²) in [4.78, 5) is 28.3. The van der Waals surface area contributed by atoms with Crippen LogP contribution in [0.4, 0.5) is 5.82 Å². The van der Waals surface area contributed by atoms with Crippen LogP contribution in [0.15, 0.2) is 18.6 Å². The predicted molar refractivity (Wildman–Crippen MR) is 39.9 cm³/mol. The lowest BCUT2D eigenvalue weighted by atomic mass is 10.5. The molecule has 0 radical (unpaired) electrons. The van der Waals surface area contributed by atoms with Gasteiger partial charge in [-0.25, -0.2) is 4.98 Å². The first-order chi connectivity index (χ1) is 5.70. The summed E-state index contributed by atoms with van der Waals surface area (Å²) in [5, 5.41) is 2.15. The summed E-state index contributed by atoms with van der Waals surface area (Å²) in [5.74, 6) is -1.77. The molecule has 1 heterocycles. The van der Waals surface area contributed by atoms with Crippen LogP contribution in [-0.2, 0) is 9.59 Å². The van der Waals surface area contributed by atoms with Crippen molar-refractivity contribution in [1.29, 1.82) is 0 Å². The van der Waals surface area contributed by atoms with Crippen molar-refractivity contribution in [1.82, 2.24) is 9.97 Å². The topological polar surface area (TPSA) is 98.0 Å². The highest BCUT2D eigenvalue weighted by atomic mass is 16.2. The molecule has 0 saturated heterocycles. The van der Waals surface area contributed by atoms with Crippen molar-refractivity contribution in [3.05, 3.63) is 18.6 Å². The van der Waals surface area contributed by atoms with E-state index >= 15 is 0 Å². The van der Waals surface area contributed by atoms with E-state index in [1.54, 1.807) is 0 Å². The first-order valence-corrected chi connectivity index (χ1v) is 3.07. The number of primary amides is 1. The number of anilines is 1. The van der Waals surface area contributed by atoms with Crippen LogP contribution in [0, 0.1) is 0 Å². The zero-order chi connectivity index (χ0) is 8.97. The summed E-state index contributed by atoms with van der Waals surface area (Å²) in [6.07, 6.45) is 4.14. The molecule has 62 valence electrons. The first kappa shape index (κ1) is 8.12. The average Bonchev–Trinajstić information content (AvgIpc) is 2.06. The fourth-order valence-corrected chi connectivity index (χ4v) is 0.542. The minimum Gasteiger partial charge on any atom is -0.361 e. The van der Waals surface area contributed by atoms with Crippen LogP contribution in [0.1, 0.15) is 0 Å². The minimum atomic E-state index is -1.05. The summed E-state index contributed by atoms with van der Waals surface area (Å²) >= 11 is 0. The Hall–Kier alpha value is -1.98. The molecular weight excluding hydrogens is 160 g/mol. The number of rotatable bonds is 1. The molecule has 0 aliphatic carbocycles. The Labute approximate surface area is 67.8 Å². The summed E-state index contributed by atoms with van der Waals surface area (Å²) in [6, 6.07) is 0. The predicted octanol–water partition coefficient (Wildman–Crippen LogP) is -1.10. The maximum atomic E-state index is 10.7. The molecule has 1 rings (SSSR count). The van der Waals surface area contributed by atoms with Crippen molar-refractivity contribution in [2.24, 2.45) is 5.73 Å². The zero-order valence-corrected chi connectivity index (χ0v) is 6.02. The van der Waals surface area contributed by atoms with Crippen LogP contribution < -0.4 is 11.1 Å². The Morgan fingerprint density at radius 3 is 2.67 bits per heavy atom. The fraction of sp³-hybridized carbons (Fsp3) is 0. The molecule has 12 heavy (non-hydrogen) atoms. The maximum absolute atomic E-state index is 10.7. The van der Waals surface area contributed by atoms with Gasteiger partial charge in [0.2, 0.25) is 0 Å². The Morgan fingerprint density at radius 1 is 1.42 bits per heavy atom. The van der Waals surface area contributed by atoms with Gasteiger partial charge < -0.3 is 11.1 Å². The smallest absolute Gasteiger partial charge is 0.314 e. The number of carbonyl (C=O) groups is 2. The number of nitrogens with zero attached hydrogens (tertiary/aromatic N) is 2. The second-order valence-corrected chi connectivity index (χ2v) is 1.91. The fourth-order valence-electron chi connectivity index (χ4n) is 0.542. The lowest BCUT2D eigenvalue weighted by Crippen LogP contribution is -2.29. The number of nitrogens with two attached hydrogens (primary N) is 1. The molecule has 2 amide bonds. The lowest BCUT2D eigenvalue weighted by Gasteiger charge is -1.98. The molecule has 0 aliphatic rings. The molecule has 6 heteroatoms. The van der Waals surface area contributed by atoms with Crippen molar-refractivity contribution in [3.8, 4) is 0 Å². The van der Waals surface area contributed by atoms with Crippen LogP contribution in [0.3, 0.4) is 0 Å². The molecule has 0 atom stereocenters. The first-order valence-electron chi connectivity index (χ1n) is 3.07. The van der Waals surface area contributed by atoms with E-state index in [1.807, 2.05) is 0 Å². The van der Waals surface area contributed by atoms with Crippen LogP contribution in [0.2, 0.25) is 0 Å². The minimum absolute atomic E-state index is 0.196. The van der Waals surface area contributed by atoms with E-state index in [0.29, 0.717) is 0 Å². The van der Waals surface area contributed by atoms with Crippen LogP contribution in [0.25, 0.3) is 0 Å². The third kappa shape index (κ3) is 2.01. The largest absolute Gasteiger partial charge is 0.361 e. The van der Waals surface area contributed by atoms with Gasteiger partial charge in [-0.1, -0.05) is 0 Å². The van der Waals surface area contributed by atoms with Gasteiger partial charge >= 0.3 is 11.8 Å². The molecule has 0 aliphatic heterocycles. The average molecular weight is 166 g/mol. The van der Waals surface area contributed by atoms with Crippen LogP contribution >= 0.6 is 0 Å². The molecule has 0 saturated carbocycles. The molecule has 0 fully saturated rings. The number of amides is 2. The highest BCUT2D eigenvalue weighted by molar-refractivity contribution is 6.38. The van der Waals surface area contributed by atoms with E-state index in [2.05, 4.69) is 21.0 Å². The molecule has 3 N–H and O–H groups in total. The molecule has 0 spiro atoms. The van der Waals surface area contributed by atoms with Crippen molar-refractivity contribution in [2.45, 2.75) is 0 Å². The Balaban J connectivity index is 2.65. The van der Waals surface area contributed by atoms with Crippen molar-refractivity contribution >= 4 is 17.6 Å². The third-order valence-electron chi connectivity index (χ3n) is 1.03. The summed E-state index contributed by atoms with van der Waals surface area (Å²) < 4.78 is 0. The van der Waals surface area contributed by atoms with E-state index in [1.165, 1.54) is 18.6 Å². The van der Waals surface area contributed by atoms with Crippen LogP contribution in [-0.4, -0.2) is 21.8 Å². The number of hydrogen-bond acceptors (Lipinski definition) is 4. The van der Waals surface area contributed by atoms with Gasteiger partial charge in [0, 0.05) is 12.4 Å². The third-order valence-corrected chi connectivity index (χ3v) is 1.03. The summed E-state index contributed by atoms with van der Waals surface area (Å²) in [6.45, 7) is 0.